The number of carboxylic acid groups (broad SMARTS) is 1. The van der Waals surface area contributed by atoms with Crippen LogP contribution in [0.1, 0.15) is 6.92 Å². The molecule has 5 heteroatoms. The van der Waals surface area contributed by atoms with E-state index >= 15 is 0 Å². The zero-order valence-corrected chi connectivity index (χ0v) is 6.25. The second kappa shape index (κ2) is 4.32. The highest BCUT2D eigenvalue weighted by Gasteiger charge is 2.07. The first-order valence-corrected chi connectivity index (χ1v) is 2.81. The minimum absolute atomic E-state index is 0.278. The molecule has 0 aromatic heterocycles. The van der Waals surface area contributed by atoms with Gasteiger partial charge in [0.1, 0.15) is 6.26 Å². The molecule has 0 saturated carbocycles. The number of carboxylic acids is 1. The summed E-state index contributed by atoms with van der Waals surface area (Å²) < 4.78 is 4.41. The highest BCUT2D eigenvalue weighted by Crippen LogP contribution is 1.88. The molecular formula is C6H9NO4. The predicted molar refractivity (Wildman–Crippen MR) is 36.5 cm³/mol. The van der Waals surface area contributed by atoms with Crippen molar-refractivity contribution in [3.63, 3.8) is 0 Å². The standard InChI is InChI=1S/C6H9NO4/c1-4(8)7-5(3-11-2)6(9)10/h3H,1-2H3,(H,7,8)(H,9,10). The smallest absolute Gasteiger partial charge is 0.355 e. The summed E-state index contributed by atoms with van der Waals surface area (Å²) in [5, 5.41) is 10.5. The monoisotopic (exact) mass is 159 g/mol. The van der Waals surface area contributed by atoms with E-state index in [9.17, 15) is 9.59 Å². The average molecular weight is 159 g/mol. The Morgan fingerprint density at radius 2 is 2.09 bits per heavy atom. The molecule has 0 saturated heterocycles. The molecule has 0 radical (unpaired) electrons. The van der Waals surface area contributed by atoms with Crippen LogP contribution in [-0.2, 0) is 14.3 Å². The lowest BCUT2D eigenvalue weighted by molar-refractivity contribution is -0.134. The number of aliphatic carboxylic acids is 1. The molecule has 0 aliphatic carbocycles. The van der Waals surface area contributed by atoms with Gasteiger partial charge >= 0.3 is 5.97 Å². The van der Waals surface area contributed by atoms with Gasteiger partial charge in [0.05, 0.1) is 7.11 Å². The largest absolute Gasteiger partial charge is 0.502 e. The van der Waals surface area contributed by atoms with E-state index in [2.05, 4.69) is 10.1 Å². The predicted octanol–water partition coefficient (Wildman–Crippen LogP) is -0.305. The Labute approximate surface area is 63.7 Å². The fraction of sp³-hybridized carbons (Fsp3) is 0.333. The average Bonchev–Trinajstić information content (AvgIpc) is 1.86. The van der Waals surface area contributed by atoms with E-state index in [1.165, 1.54) is 14.0 Å². The molecule has 11 heavy (non-hydrogen) atoms. The number of carbonyl (C=O) groups excluding carboxylic acids is 1. The van der Waals surface area contributed by atoms with Crippen LogP contribution in [0.4, 0.5) is 0 Å². The molecule has 1 amide bonds. The fourth-order valence-corrected chi connectivity index (χ4v) is 0.441. The van der Waals surface area contributed by atoms with Crippen LogP contribution in [0.25, 0.3) is 0 Å². The molecule has 0 aromatic rings. The summed E-state index contributed by atoms with van der Waals surface area (Å²) in [6.45, 7) is 1.21. The van der Waals surface area contributed by atoms with Crippen molar-refractivity contribution >= 4 is 11.9 Å². The lowest BCUT2D eigenvalue weighted by Crippen LogP contribution is -2.24. The van der Waals surface area contributed by atoms with Crippen LogP contribution in [0, 0.1) is 0 Å². The number of carbonyl (C=O) groups is 2. The van der Waals surface area contributed by atoms with E-state index in [4.69, 9.17) is 5.11 Å². The van der Waals surface area contributed by atoms with Gasteiger partial charge in [0, 0.05) is 6.92 Å². The van der Waals surface area contributed by atoms with Crippen molar-refractivity contribution in [1.82, 2.24) is 5.32 Å². The third-order valence-electron chi connectivity index (χ3n) is 0.777. The molecule has 2 N–H and O–H groups in total. The third kappa shape index (κ3) is 3.96. The Morgan fingerprint density at radius 1 is 1.55 bits per heavy atom. The summed E-state index contributed by atoms with van der Waals surface area (Å²) in [4.78, 5) is 20.6. The molecule has 0 heterocycles. The zero-order valence-electron chi connectivity index (χ0n) is 6.25. The number of amides is 1. The summed E-state index contributed by atoms with van der Waals surface area (Å²) >= 11 is 0. The molecule has 0 aliphatic rings. The van der Waals surface area contributed by atoms with E-state index in [1.54, 1.807) is 0 Å². The van der Waals surface area contributed by atoms with Crippen LogP contribution in [-0.4, -0.2) is 24.1 Å². The van der Waals surface area contributed by atoms with Gasteiger partial charge in [-0.15, -0.1) is 0 Å². The lowest BCUT2D eigenvalue weighted by Gasteiger charge is -2.00. The van der Waals surface area contributed by atoms with Gasteiger partial charge in [0.15, 0.2) is 5.70 Å². The number of methoxy groups -OCH3 is 1. The van der Waals surface area contributed by atoms with Gasteiger partial charge in [-0.05, 0) is 0 Å². The normalized spacial score (nSPS) is 10.5. The third-order valence-corrected chi connectivity index (χ3v) is 0.777. The molecule has 0 fully saturated rings. The Morgan fingerprint density at radius 3 is 2.36 bits per heavy atom. The van der Waals surface area contributed by atoms with Crippen LogP contribution in [0.3, 0.4) is 0 Å². The van der Waals surface area contributed by atoms with Crippen molar-refractivity contribution in [3.05, 3.63) is 12.0 Å². The van der Waals surface area contributed by atoms with Gasteiger partial charge in [-0.25, -0.2) is 4.79 Å². The van der Waals surface area contributed by atoms with Crippen LogP contribution in [0.5, 0.6) is 0 Å². The highest BCUT2D eigenvalue weighted by atomic mass is 16.5. The van der Waals surface area contributed by atoms with Crippen molar-refractivity contribution in [2.24, 2.45) is 0 Å². The van der Waals surface area contributed by atoms with Gasteiger partial charge < -0.3 is 15.2 Å². The maximum absolute atomic E-state index is 10.4. The van der Waals surface area contributed by atoms with Crippen molar-refractivity contribution in [2.45, 2.75) is 6.92 Å². The second-order valence-corrected chi connectivity index (χ2v) is 1.75. The van der Waals surface area contributed by atoms with Crippen molar-refractivity contribution < 1.29 is 19.4 Å². The van der Waals surface area contributed by atoms with E-state index in [1.807, 2.05) is 0 Å². The molecule has 0 bridgehead atoms. The van der Waals surface area contributed by atoms with Crippen LogP contribution < -0.4 is 5.32 Å². The van der Waals surface area contributed by atoms with Gasteiger partial charge in [-0.1, -0.05) is 0 Å². The first-order valence-electron chi connectivity index (χ1n) is 2.81. The van der Waals surface area contributed by atoms with Gasteiger partial charge in [-0.3, -0.25) is 4.79 Å². The molecule has 0 aromatic carbocycles. The number of nitrogens with one attached hydrogen (secondary N) is 1. The summed E-state index contributed by atoms with van der Waals surface area (Å²) in [5.74, 6) is -1.68. The van der Waals surface area contributed by atoms with Gasteiger partial charge in [0.2, 0.25) is 5.91 Å². The number of ether oxygens (including phenoxy) is 1. The molecule has 0 atom stereocenters. The molecule has 62 valence electrons. The summed E-state index contributed by atoms with van der Waals surface area (Å²) in [7, 11) is 1.30. The quantitative estimate of drug-likeness (QED) is 0.437. The first kappa shape index (κ1) is 9.48. The Balaban J connectivity index is 4.23. The van der Waals surface area contributed by atoms with Crippen molar-refractivity contribution in [1.29, 1.82) is 0 Å². The molecule has 0 aliphatic heterocycles. The summed E-state index contributed by atoms with van der Waals surface area (Å²) in [6.07, 6.45) is 0.948. The Kier molecular flexibility index (Phi) is 3.72. The van der Waals surface area contributed by atoms with E-state index in [-0.39, 0.29) is 5.70 Å². The molecule has 0 unspecified atom stereocenters. The molecule has 5 nitrogen and oxygen atoms in total. The zero-order chi connectivity index (χ0) is 8.85. The summed E-state index contributed by atoms with van der Waals surface area (Å²) in [6, 6.07) is 0. The summed E-state index contributed by atoms with van der Waals surface area (Å²) in [5.41, 5.74) is -0.278. The molecule has 0 rings (SSSR count). The fourth-order valence-electron chi connectivity index (χ4n) is 0.441. The van der Waals surface area contributed by atoms with E-state index < -0.39 is 11.9 Å². The molecule has 0 spiro atoms. The Hall–Kier alpha value is -1.52. The topological polar surface area (TPSA) is 75.6 Å². The van der Waals surface area contributed by atoms with Crippen molar-refractivity contribution in [3.8, 4) is 0 Å². The minimum Gasteiger partial charge on any atom is -0.502 e. The number of hydrogen-bond acceptors (Lipinski definition) is 3. The first-order chi connectivity index (χ1) is 5.07. The Bertz CT molecular complexity index is 197. The minimum atomic E-state index is -1.23. The molecular weight excluding hydrogens is 150 g/mol. The van der Waals surface area contributed by atoms with Crippen LogP contribution >= 0.6 is 0 Å². The van der Waals surface area contributed by atoms with Crippen LogP contribution in [0.15, 0.2) is 12.0 Å². The highest BCUT2D eigenvalue weighted by molar-refractivity contribution is 5.91. The number of rotatable bonds is 3. The van der Waals surface area contributed by atoms with Crippen LogP contribution in [0.2, 0.25) is 0 Å². The second-order valence-electron chi connectivity index (χ2n) is 1.75. The van der Waals surface area contributed by atoms with Crippen molar-refractivity contribution in [2.75, 3.05) is 7.11 Å². The lowest BCUT2D eigenvalue weighted by atomic mass is 10.4. The number of hydrogen-bond donors (Lipinski definition) is 2. The van der Waals surface area contributed by atoms with Gasteiger partial charge in [-0.2, -0.15) is 0 Å². The van der Waals surface area contributed by atoms with E-state index in [0.717, 1.165) is 6.26 Å². The van der Waals surface area contributed by atoms with E-state index in [0.29, 0.717) is 0 Å². The maximum atomic E-state index is 10.4. The van der Waals surface area contributed by atoms with Gasteiger partial charge in [0.25, 0.3) is 0 Å². The maximum Gasteiger partial charge on any atom is 0.355 e. The SMILES string of the molecule is COC=C(NC(C)=O)C(=O)O.